The van der Waals surface area contributed by atoms with Gasteiger partial charge in [0, 0.05) is 25.2 Å². The van der Waals surface area contributed by atoms with Gasteiger partial charge in [-0.3, -0.25) is 0 Å². The summed E-state index contributed by atoms with van der Waals surface area (Å²) in [5.41, 5.74) is 0.675. The fourth-order valence-electron chi connectivity index (χ4n) is 2.94. The monoisotopic (exact) mass is 417 g/mol. The van der Waals surface area contributed by atoms with Crippen LogP contribution in [0.25, 0.3) is 6.08 Å². The second kappa shape index (κ2) is 8.24. The van der Waals surface area contributed by atoms with E-state index in [1.165, 1.54) is 22.5 Å². The van der Waals surface area contributed by atoms with Gasteiger partial charge in [0.05, 0.1) is 18.1 Å². The first kappa shape index (κ1) is 19.4. The molecule has 2 heterocycles. The van der Waals surface area contributed by atoms with Gasteiger partial charge in [0.25, 0.3) is 0 Å². The molecule has 2 aromatic rings. The van der Waals surface area contributed by atoms with Crippen LogP contribution in [0, 0.1) is 0 Å². The number of carbonyl (C=O) groups excluding carboxylic acids is 1. The van der Waals surface area contributed by atoms with E-state index in [-0.39, 0.29) is 11.7 Å². The van der Waals surface area contributed by atoms with E-state index in [0.717, 1.165) is 0 Å². The Morgan fingerprint density at radius 3 is 2.48 bits per heavy atom. The van der Waals surface area contributed by atoms with Crippen molar-refractivity contribution in [3.05, 3.63) is 54.1 Å². The molecule has 0 saturated carbocycles. The van der Waals surface area contributed by atoms with Gasteiger partial charge in [-0.2, -0.15) is 4.31 Å². The first-order valence-corrected chi connectivity index (χ1v) is 10.4. The van der Waals surface area contributed by atoms with Crippen LogP contribution in [0.1, 0.15) is 5.56 Å². The Morgan fingerprint density at radius 2 is 1.72 bits per heavy atom. The number of carbonyl (C=O) groups is 1. The van der Waals surface area contributed by atoms with Crippen molar-refractivity contribution in [2.45, 2.75) is 4.90 Å². The summed E-state index contributed by atoms with van der Waals surface area (Å²) < 4.78 is 47.5. The standard InChI is InChI=1S/C20H19NO7S/c22-20(28-16-4-7-18-19(13-16)27-14-26-18)8-3-15-1-5-17(6-2-15)29(23,24)21-9-11-25-12-10-21/h1-8,13H,9-12,14H2/b8-3+. The highest BCUT2D eigenvalue weighted by atomic mass is 32.2. The van der Waals surface area contributed by atoms with E-state index in [2.05, 4.69) is 0 Å². The van der Waals surface area contributed by atoms with Crippen molar-refractivity contribution >= 4 is 22.1 Å². The van der Waals surface area contributed by atoms with Crippen LogP contribution in [0.4, 0.5) is 0 Å². The average Bonchev–Trinajstić information content (AvgIpc) is 3.21. The van der Waals surface area contributed by atoms with Crippen molar-refractivity contribution in [2.75, 3.05) is 33.1 Å². The van der Waals surface area contributed by atoms with Crippen molar-refractivity contribution < 1.29 is 32.2 Å². The van der Waals surface area contributed by atoms with Gasteiger partial charge in [0.2, 0.25) is 16.8 Å². The SMILES string of the molecule is O=C(/C=C/c1ccc(S(=O)(=O)N2CCOCC2)cc1)Oc1ccc2c(c1)OCO2. The molecule has 29 heavy (non-hydrogen) atoms. The molecule has 2 aliphatic rings. The second-order valence-corrected chi connectivity index (χ2v) is 8.29. The molecule has 0 aliphatic carbocycles. The van der Waals surface area contributed by atoms with Gasteiger partial charge in [0.1, 0.15) is 5.75 Å². The van der Waals surface area contributed by atoms with Crippen LogP contribution in [0.2, 0.25) is 0 Å². The van der Waals surface area contributed by atoms with Crippen molar-refractivity contribution in [2.24, 2.45) is 0 Å². The molecule has 0 radical (unpaired) electrons. The highest BCUT2D eigenvalue weighted by Gasteiger charge is 2.26. The normalized spacial score (nSPS) is 16.8. The lowest BCUT2D eigenvalue weighted by atomic mass is 10.2. The number of fused-ring (bicyclic) bond motifs is 1. The van der Waals surface area contributed by atoms with Gasteiger partial charge in [0.15, 0.2) is 11.5 Å². The Hall–Kier alpha value is -2.88. The summed E-state index contributed by atoms with van der Waals surface area (Å²) in [5.74, 6) is 0.911. The molecule has 4 rings (SSSR count). The molecular formula is C20H19NO7S. The number of ether oxygens (including phenoxy) is 4. The maximum Gasteiger partial charge on any atom is 0.336 e. The van der Waals surface area contributed by atoms with Gasteiger partial charge < -0.3 is 18.9 Å². The van der Waals surface area contributed by atoms with Crippen molar-refractivity contribution in [3.63, 3.8) is 0 Å². The number of sulfonamides is 1. The minimum Gasteiger partial charge on any atom is -0.454 e. The van der Waals surface area contributed by atoms with Crippen LogP contribution in [0.15, 0.2) is 53.4 Å². The van der Waals surface area contributed by atoms with E-state index >= 15 is 0 Å². The predicted molar refractivity (Wildman–Crippen MR) is 103 cm³/mol. The highest BCUT2D eigenvalue weighted by Crippen LogP contribution is 2.35. The summed E-state index contributed by atoms with van der Waals surface area (Å²) in [6.45, 7) is 1.62. The number of hydrogen-bond donors (Lipinski definition) is 0. The molecule has 0 atom stereocenters. The molecule has 152 valence electrons. The third kappa shape index (κ3) is 4.42. The molecule has 0 amide bonds. The van der Waals surface area contributed by atoms with Crippen LogP contribution in [-0.2, 0) is 19.6 Å². The van der Waals surface area contributed by atoms with E-state index in [1.54, 1.807) is 36.4 Å². The summed E-state index contributed by atoms with van der Waals surface area (Å²) in [6.07, 6.45) is 2.83. The number of esters is 1. The zero-order chi connectivity index (χ0) is 20.3. The minimum absolute atomic E-state index is 0.143. The molecule has 9 heteroatoms. The third-order valence-corrected chi connectivity index (χ3v) is 6.38. The van der Waals surface area contributed by atoms with Crippen LogP contribution in [0.5, 0.6) is 17.2 Å². The number of rotatable bonds is 5. The smallest absolute Gasteiger partial charge is 0.336 e. The second-order valence-electron chi connectivity index (χ2n) is 6.35. The topological polar surface area (TPSA) is 91.4 Å². The molecule has 2 aliphatic heterocycles. The largest absolute Gasteiger partial charge is 0.454 e. The first-order chi connectivity index (χ1) is 14.0. The lowest BCUT2D eigenvalue weighted by Crippen LogP contribution is -2.40. The molecule has 0 spiro atoms. The molecule has 0 N–H and O–H groups in total. The van der Waals surface area contributed by atoms with Crippen molar-refractivity contribution in [3.8, 4) is 17.2 Å². The molecule has 8 nitrogen and oxygen atoms in total. The van der Waals surface area contributed by atoms with E-state index in [0.29, 0.717) is 49.1 Å². The zero-order valence-corrected chi connectivity index (χ0v) is 16.3. The number of benzene rings is 2. The van der Waals surface area contributed by atoms with Crippen LogP contribution in [-0.4, -0.2) is 51.8 Å². The molecular weight excluding hydrogens is 398 g/mol. The van der Waals surface area contributed by atoms with Crippen LogP contribution in [0.3, 0.4) is 0 Å². The maximum atomic E-state index is 12.6. The highest BCUT2D eigenvalue weighted by molar-refractivity contribution is 7.89. The van der Waals surface area contributed by atoms with E-state index in [9.17, 15) is 13.2 Å². The fourth-order valence-corrected chi connectivity index (χ4v) is 4.35. The van der Waals surface area contributed by atoms with Gasteiger partial charge in [-0.05, 0) is 35.9 Å². The van der Waals surface area contributed by atoms with Crippen LogP contribution >= 0.6 is 0 Å². The summed E-state index contributed by atoms with van der Waals surface area (Å²) in [4.78, 5) is 12.2. The van der Waals surface area contributed by atoms with Crippen molar-refractivity contribution in [1.82, 2.24) is 4.31 Å². The van der Waals surface area contributed by atoms with Gasteiger partial charge in [-0.15, -0.1) is 0 Å². The molecule has 0 unspecified atom stereocenters. The number of hydrogen-bond acceptors (Lipinski definition) is 7. The quantitative estimate of drug-likeness (QED) is 0.418. The third-order valence-electron chi connectivity index (χ3n) is 4.46. The van der Waals surface area contributed by atoms with E-state index in [4.69, 9.17) is 18.9 Å². The molecule has 1 saturated heterocycles. The molecule has 1 fully saturated rings. The van der Waals surface area contributed by atoms with Crippen molar-refractivity contribution in [1.29, 1.82) is 0 Å². The molecule has 0 bridgehead atoms. The van der Waals surface area contributed by atoms with Gasteiger partial charge in [-0.1, -0.05) is 12.1 Å². The van der Waals surface area contributed by atoms with E-state index in [1.807, 2.05) is 0 Å². The first-order valence-electron chi connectivity index (χ1n) is 9.00. The summed E-state index contributed by atoms with van der Waals surface area (Å²) in [6, 6.07) is 11.2. The van der Waals surface area contributed by atoms with E-state index < -0.39 is 16.0 Å². The molecule has 2 aromatic carbocycles. The summed E-state index contributed by atoms with van der Waals surface area (Å²) >= 11 is 0. The van der Waals surface area contributed by atoms with Gasteiger partial charge in [-0.25, -0.2) is 13.2 Å². The maximum absolute atomic E-state index is 12.6. The Morgan fingerprint density at radius 1 is 1.00 bits per heavy atom. The summed E-state index contributed by atoms with van der Waals surface area (Å²) in [5, 5.41) is 0. The Balaban J connectivity index is 1.39. The summed E-state index contributed by atoms with van der Waals surface area (Å²) in [7, 11) is -3.54. The molecule has 0 aromatic heterocycles. The van der Waals surface area contributed by atoms with Crippen LogP contribution < -0.4 is 14.2 Å². The predicted octanol–water partition coefficient (Wildman–Crippen LogP) is 2.05. The zero-order valence-electron chi connectivity index (χ0n) is 15.4. The van der Waals surface area contributed by atoms with Gasteiger partial charge >= 0.3 is 5.97 Å². The minimum atomic E-state index is -3.54. The number of morpholine rings is 1. The Labute approximate surface area is 168 Å². The average molecular weight is 417 g/mol. The Kier molecular flexibility index (Phi) is 5.52. The Bertz CT molecular complexity index is 1030. The number of nitrogens with zero attached hydrogens (tertiary/aromatic N) is 1. The lowest BCUT2D eigenvalue weighted by Gasteiger charge is -2.26. The lowest BCUT2D eigenvalue weighted by molar-refractivity contribution is -0.128. The fraction of sp³-hybridized carbons (Fsp3) is 0.250.